The van der Waals surface area contributed by atoms with Crippen LogP contribution < -0.4 is 5.32 Å². The molecular weight excluding hydrogens is 238 g/mol. The van der Waals surface area contributed by atoms with Crippen LogP contribution in [0.3, 0.4) is 0 Å². The van der Waals surface area contributed by atoms with E-state index in [2.05, 4.69) is 39.8 Å². The van der Waals surface area contributed by atoms with E-state index < -0.39 is 0 Å². The molecule has 4 nitrogen and oxygen atoms in total. The lowest BCUT2D eigenvalue weighted by molar-refractivity contribution is 0.311. The van der Waals surface area contributed by atoms with Gasteiger partial charge in [0, 0.05) is 12.1 Å². The van der Waals surface area contributed by atoms with Crippen LogP contribution in [0.15, 0.2) is 30.3 Å². The lowest BCUT2D eigenvalue weighted by Gasteiger charge is -2.09. The molecule has 2 aromatic rings. The number of nitrogens with zero attached hydrogens (tertiary/aromatic N) is 2. The number of aliphatic hydroxyl groups is 1. The van der Waals surface area contributed by atoms with Crippen LogP contribution in [0, 0.1) is 0 Å². The van der Waals surface area contributed by atoms with Crippen LogP contribution in [-0.2, 0) is 12.8 Å². The third-order valence-electron chi connectivity index (χ3n) is 3.46. The van der Waals surface area contributed by atoms with Gasteiger partial charge in [0.2, 0.25) is 0 Å². The number of aliphatic hydroxyl groups excluding tert-OH is 1. The second-order valence-electron chi connectivity index (χ2n) is 4.76. The Bertz CT molecular complexity index is 583. The molecule has 0 fully saturated rings. The molecular formula is C15H17N3O. The van der Waals surface area contributed by atoms with E-state index in [-0.39, 0.29) is 6.61 Å². The van der Waals surface area contributed by atoms with Crippen LogP contribution in [0.25, 0.3) is 11.3 Å². The van der Waals surface area contributed by atoms with E-state index in [0.717, 1.165) is 30.8 Å². The third kappa shape index (κ3) is 2.44. The molecule has 0 radical (unpaired) electrons. The molecule has 0 unspecified atom stereocenters. The van der Waals surface area contributed by atoms with E-state index in [1.54, 1.807) is 0 Å². The van der Waals surface area contributed by atoms with Crippen LogP contribution in [0.2, 0.25) is 0 Å². The first-order chi connectivity index (χ1) is 9.38. The van der Waals surface area contributed by atoms with Crippen molar-refractivity contribution in [2.24, 2.45) is 0 Å². The summed E-state index contributed by atoms with van der Waals surface area (Å²) >= 11 is 0. The number of benzene rings is 1. The standard InChI is InChI=1S/C15H17N3O/c19-9-8-16-14-10-12-6-3-5-11-4-1-2-7-13(11)15(12)18-17-14/h1-2,4,7,10,19H,3,5-6,8-9H2,(H,16,17). The summed E-state index contributed by atoms with van der Waals surface area (Å²) < 4.78 is 0. The minimum absolute atomic E-state index is 0.0988. The van der Waals surface area contributed by atoms with Crippen molar-refractivity contribution < 1.29 is 5.11 Å². The molecule has 0 amide bonds. The van der Waals surface area contributed by atoms with Crippen molar-refractivity contribution >= 4 is 5.82 Å². The van der Waals surface area contributed by atoms with Gasteiger partial charge in [0.15, 0.2) is 0 Å². The molecule has 0 atom stereocenters. The molecule has 1 aromatic carbocycles. The summed E-state index contributed by atoms with van der Waals surface area (Å²) in [6.07, 6.45) is 3.24. The fraction of sp³-hybridized carbons (Fsp3) is 0.333. The van der Waals surface area contributed by atoms with E-state index in [9.17, 15) is 0 Å². The maximum Gasteiger partial charge on any atom is 0.149 e. The zero-order chi connectivity index (χ0) is 13.1. The van der Waals surface area contributed by atoms with Crippen molar-refractivity contribution in [3.05, 3.63) is 41.5 Å². The first kappa shape index (κ1) is 12.1. The second kappa shape index (κ2) is 5.36. The van der Waals surface area contributed by atoms with E-state index >= 15 is 0 Å². The van der Waals surface area contributed by atoms with E-state index in [1.165, 1.54) is 16.7 Å². The van der Waals surface area contributed by atoms with E-state index in [4.69, 9.17) is 5.11 Å². The van der Waals surface area contributed by atoms with Gasteiger partial charge in [-0.1, -0.05) is 24.3 Å². The minimum Gasteiger partial charge on any atom is -0.395 e. The maximum atomic E-state index is 8.83. The lowest BCUT2D eigenvalue weighted by Crippen LogP contribution is -2.08. The van der Waals surface area contributed by atoms with Gasteiger partial charge in [-0.2, -0.15) is 0 Å². The number of aromatic nitrogens is 2. The maximum absolute atomic E-state index is 8.83. The highest BCUT2D eigenvalue weighted by Gasteiger charge is 2.16. The number of aryl methyl sites for hydroxylation is 2. The average Bonchev–Trinajstić information content (AvgIpc) is 2.64. The highest BCUT2D eigenvalue weighted by atomic mass is 16.3. The van der Waals surface area contributed by atoms with Crippen LogP contribution in [0.1, 0.15) is 17.5 Å². The molecule has 4 heteroatoms. The first-order valence-electron chi connectivity index (χ1n) is 6.68. The lowest BCUT2D eigenvalue weighted by atomic mass is 10.0. The third-order valence-corrected chi connectivity index (χ3v) is 3.46. The average molecular weight is 255 g/mol. The molecule has 0 saturated heterocycles. The summed E-state index contributed by atoms with van der Waals surface area (Å²) in [7, 11) is 0. The van der Waals surface area contributed by atoms with Gasteiger partial charge < -0.3 is 10.4 Å². The second-order valence-corrected chi connectivity index (χ2v) is 4.76. The summed E-state index contributed by atoms with van der Waals surface area (Å²) in [5, 5.41) is 20.5. The van der Waals surface area contributed by atoms with Crippen molar-refractivity contribution in [1.82, 2.24) is 10.2 Å². The van der Waals surface area contributed by atoms with Crippen molar-refractivity contribution in [1.29, 1.82) is 0 Å². The van der Waals surface area contributed by atoms with Crippen molar-refractivity contribution in [3.8, 4) is 11.3 Å². The number of fused-ring (bicyclic) bond motifs is 3. The van der Waals surface area contributed by atoms with Gasteiger partial charge in [0.05, 0.1) is 12.3 Å². The highest BCUT2D eigenvalue weighted by molar-refractivity contribution is 5.68. The van der Waals surface area contributed by atoms with Gasteiger partial charge in [0.1, 0.15) is 5.82 Å². The highest BCUT2D eigenvalue weighted by Crippen LogP contribution is 2.30. The van der Waals surface area contributed by atoms with Gasteiger partial charge in [0.25, 0.3) is 0 Å². The number of anilines is 1. The molecule has 1 aliphatic rings. The molecule has 0 aliphatic heterocycles. The predicted molar refractivity (Wildman–Crippen MR) is 75.1 cm³/mol. The molecule has 1 aromatic heterocycles. The molecule has 98 valence electrons. The SMILES string of the molecule is OCCNc1cc2c(nn1)-c1ccccc1CCC2. The Kier molecular flexibility index (Phi) is 3.42. The Hall–Kier alpha value is -1.94. The summed E-state index contributed by atoms with van der Waals surface area (Å²) in [5.74, 6) is 0.743. The summed E-state index contributed by atoms with van der Waals surface area (Å²) in [4.78, 5) is 0. The minimum atomic E-state index is 0.0988. The Morgan fingerprint density at radius 1 is 1.11 bits per heavy atom. The van der Waals surface area contributed by atoms with E-state index in [0.29, 0.717) is 6.54 Å². The normalized spacial score (nSPS) is 13.3. The quantitative estimate of drug-likeness (QED) is 0.881. The zero-order valence-electron chi connectivity index (χ0n) is 10.8. The summed E-state index contributed by atoms with van der Waals surface area (Å²) in [6.45, 7) is 0.603. The Morgan fingerprint density at radius 3 is 2.84 bits per heavy atom. The van der Waals surface area contributed by atoms with E-state index in [1.807, 2.05) is 6.07 Å². The van der Waals surface area contributed by atoms with Gasteiger partial charge >= 0.3 is 0 Å². The van der Waals surface area contributed by atoms with Crippen molar-refractivity contribution in [3.63, 3.8) is 0 Å². The smallest absolute Gasteiger partial charge is 0.149 e. The Morgan fingerprint density at radius 2 is 1.95 bits per heavy atom. The fourth-order valence-electron chi connectivity index (χ4n) is 2.56. The van der Waals surface area contributed by atoms with Crippen LogP contribution in [0.4, 0.5) is 5.82 Å². The predicted octanol–water partition coefficient (Wildman–Crippen LogP) is 2.04. The molecule has 0 spiro atoms. The van der Waals surface area contributed by atoms with Crippen LogP contribution in [-0.4, -0.2) is 28.5 Å². The Balaban J connectivity index is 2.01. The zero-order valence-corrected chi connectivity index (χ0v) is 10.8. The van der Waals surface area contributed by atoms with Gasteiger partial charge in [-0.25, -0.2) is 0 Å². The molecule has 1 heterocycles. The van der Waals surface area contributed by atoms with Crippen LogP contribution in [0.5, 0.6) is 0 Å². The fourth-order valence-corrected chi connectivity index (χ4v) is 2.56. The van der Waals surface area contributed by atoms with Gasteiger partial charge in [-0.15, -0.1) is 10.2 Å². The van der Waals surface area contributed by atoms with Gasteiger partial charge in [-0.3, -0.25) is 0 Å². The largest absolute Gasteiger partial charge is 0.395 e. The number of nitrogens with one attached hydrogen (secondary N) is 1. The topological polar surface area (TPSA) is 58.0 Å². The molecule has 19 heavy (non-hydrogen) atoms. The number of hydrogen-bond donors (Lipinski definition) is 2. The molecule has 1 aliphatic carbocycles. The van der Waals surface area contributed by atoms with Crippen molar-refractivity contribution in [2.45, 2.75) is 19.3 Å². The molecule has 0 saturated carbocycles. The van der Waals surface area contributed by atoms with Gasteiger partial charge in [-0.05, 0) is 36.5 Å². The molecule has 3 rings (SSSR count). The first-order valence-corrected chi connectivity index (χ1v) is 6.68. The molecule has 0 bridgehead atoms. The number of rotatable bonds is 3. The Labute approximate surface area is 112 Å². The summed E-state index contributed by atoms with van der Waals surface area (Å²) in [5.41, 5.74) is 4.80. The monoisotopic (exact) mass is 255 g/mol. The van der Waals surface area contributed by atoms with Crippen LogP contribution >= 0.6 is 0 Å². The summed E-state index contributed by atoms with van der Waals surface area (Å²) in [6, 6.07) is 10.5. The van der Waals surface area contributed by atoms with Crippen molar-refractivity contribution in [2.75, 3.05) is 18.5 Å². The molecule has 2 N–H and O–H groups in total. The number of hydrogen-bond acceptors (Lipinski definition) is 4.